The van der Waals surface area contributed by atoms with Gasteiger partial charge in [0.2, 0.25) is 0 Å². The van der Waals surface area contributed by atoms with E-state index in [4.69, 9.17) is 18.9 Å². The molecule has 1 heterocycles. The highest BCUT2D eigenvalue weighted by atomic mass is 79.9. The summed E-state index contributed by atoms with van der Waals surface area (Å²) in [5.41, 5.74) is 0.852. The van der Waals surface area contributed by atoms with Gasteiger partial charge in [-0.25, -0.2) is 4.79 Å². The minimum absolute atomic E-state index is 0.348. The van der Waals surface area contributed by atoms with Gasteiger partial charge in [-0.3, -0.25) is 4.79 Å². The molecule has 2 aromatic rings. The summed E-state index contributed by atoms with van der Waals surface area (Å²) in [7, 11) is 0. The van der Waals surface area contributed by atoms with E-state index in [1.165, 1.54) is 0 Å². The van der Waals surface area contributed by atoms with E-state index in [0.717, 1.165) is 12.8 Å². The van der Waals surface area contributed by atoms with Crippen molar-refractivity contribution >= 4 is 33.5 Å². The highest BCUT2D eigenvalue weighted by molar-refractivity contribution is 9.10. The molecule has 2 aromatic carbocycles. The smallest absolute Gasteiger partial charge is 0.338 e. The number of carbonyl (C=O) groups excluding carboxylic acids is 2. The Hall–Kier alpha value is -2.74. The lowest BCUT2D eigenvalue weighted by molar-refractivity contribution is -0.119. The molecule has 29 heavy (non-hydrogen) atoms. The van der Waals surface area contributed by atoms with Crippen LogP contribution in [0.1, 0.15) is 30.1 Å². The quantitative estimate of drug-likeness (QED) is 0.466. The van der Waals surface area contributed by atoms with Crippen molar-refractivity contribution in [3.05, 3.63) is 46.4 Å². The fraction of sp³-hybridized carbons (Fsp3) is 0.333. The third kappa shape index (κ3) is 5.87. The van der Waals surface area contributed by atoms with Crippen molar-refractivity contribution in [2.75, 3.05) is 31.7 Å². The maximum atomic E-state index is 12.2. The fourth-order valence-corrected chi connectivity index (χ4v) is 3.00. The zero-order chi connectivity index (χ0) is 20.6. The van der Waals surface area contributed by atoms with Gasteiger partial charge >= 0.3 is 5.97 Å². The minimum atomic E-state index is -0.582. The van der Waals surface area contributed by atoms with Crippen LogP contribution >= 0.6 is 15.9 Å². The lowest BCUT2D eigenvalue weighted by Crippen LogP contribution is -2.21. The van der Waals surface area contributed by atoms with Gasteiger partial charge in [-0.2, -0.15) is 0 Å². The van der Waals surface area contributed by atoms with E-state index < -0.39 is 18.5 Å². The fourth-order valence-electron chi connectivity index (χ4n) is 2.58. The topological polar surface area (TPSA) is 83.1 Å². The molecule has 1 aliphatic rings. The van der Waals surface area contributed by atoms with E-state index in [9.17, 15) is 9.59 Å². The van der Waals surface area contributed by atoms with Gasteiger partial charge in [0.1, 0.15) is 19.0 Å². The Morgan fingerprint density at radius 2 is 1.79 bits per heavy atom. The van der Waals surface area contributed by atoms with Gasteiger partial charge in [0.25, 0.3) is 5.91 Å². The first-order valence-electron chi connectivity index (χ1n) is 9.36. The van der Waals surface area contributed by atoms with Crippen LogP contribution in [0.5, 0.6) is 17.2 Å². The number of ether oxygens (including phenoxy) is 4. The maximum absolute atomic E-state index is 12.2. The molecule has 0 atom stereocenters. The molecule has 154 valence electrons. The van der Waals surface area contributed by atoms with Crippen molar-refractivity contribution in [1.82, 2.24) is 0 Å². The number of fused-ring (bicyclic) bond motifs is 1. The van der Waals surface area contributed by atoms with E-state index in [1.54, 1.807) is 36.4 Å². The van der Waals surface area contributed by atoms with Crippen LogP contribution in [0.2, 0.25) is 0 Å². The first-order chi connectivity index (χ1) is 14.1. The molecular formula is C21H22BrNO6. The minimum Gasteiger partial charge on any atom is -0.494 e. The Morgan fingerprint density at radius 3 is 2.48 bits per heavy atom. The Kier molecular flexibility index (Phi) is 7.35. The van der Waals surface area contributed by atoms with Gasteiger partial charge in [-0.05, 0) is 46.6 Å². The predicted molar refractivity (Wildman–Crippen MR) is 111 cm³/mol. The average molecular weight is 464 g/mol. The molecule has 0 aromatic heterocycles. The normalized spacial score (nSPS) is 12.2. The molecule has 0 unspecified atom stereocenters. The van der Waals surface area contributed by atoms with Gasteiger partial charge < -0.3 is 24.3 Å². The number of anilines is 1. The number of rotatable bonds is 8. The zero-order valence-electron chi connectivity index (χ0n) is 16.0. The third-order valence-electron chi connectivity index (χ3n) is 4.10. The first kappa shape index (κ1) is 21.0. The second kappa shape index (κ2) is 10.2. The molecule has 3 rings (SSSR count). The van der Waals surface area contributed by atoms with Crippen molar-refractivity contribution in [3.8, 4) is 17.2 Å². The van der Waals surface area contributed by atoms with E-state index >= 15 is 0 Å². The summed E-state index contributed by atoms with van der Waals surface area (Å²) >= 11 is 3.38. The SMILES string of the molecule is CCCCOc1ccc(C(=O)OCC(=O)Nc2cc3c(cc2Br)OCCO3)cc1. The number of nitrogens with one attached hydrogen (secondary N) is 1. The zero-order valence-corrected chi connectivity index (χ0v) is 17.6. The highest BCUT2D eigenvalue weighted by Crippen LogP contribution is 2.38. The number of esters is 1. The van der Waals surface area contributed by atoms with Crippen molar-refractivity contribution < 1.29 is 28.5 Å². The molecule has 1 N–H and O–H groups in total. The number of hydrogen-bond donors (Lipinski definition) is 1. The van der Waals surface area contributed by atoms with Crippen LogP contribution in [0.4, 0.5) is 5.69 Å². The van der Waals surface area contributed by atoms with Crippen molar-refractivity contribution in [3.63, 3.8) is 0 Å². The van der Waals surface area contributed by atoms with Gasteiger partial charge in [0.15, 0.2) is 18.1 Å². The summed E-state index contributed by atoms with van der Waals surface area (Å²) in [5, 5.41) is 2.69. The monoisotopic (exact) mass is 463 g/mol. The molecule has 0 saturated heterocycles. The molecule has 1 amide bonds. The number of carbonyl (C=O) groups is 2. The van der Waals surface area contributed by atoms with Crippen molar-refractivity contribution in [1.29, 1.82) is 0 Å². The summed E-state index contributed by atoms with van der Waals surface area (Å²) < 4.78 is 22.3. The molecule has 1 aliphatic heterocycles. The Labute approximate surface area is 177 Å². The number of unbranched alkanes of at least 4 members (excludes halogenated alkanes) is 1. The molecule has 8 heteroatoms. The number of amides is 1. The average Bonchev–Trinajstić information content (AvgIpc) is 2.73. The second-order valence-corrected chi connectivity index (χ2v) is 7.18. The molecule has 0 saturated carbocycles. The Morgan fingerprint density at radius 1 is 1.10 bits per heavy atom. The molecule has 0 radical (unpaired) electrons. The Bertz CT molecular complexity index is 868. The molecule has 0 aliphatic carbocycles. The van der Waals surface area contributed by atoms with Crippen molar-refractivity contribution in [2.24, 2.45) is 0 Å². The van der Waals surface area contributed by atoms with Crippen LogP contribution in [-0.2, 0) is 9.53 Å². The lowest BCUT2D eigenvalue weighted by Gasteiger charge is -2.20. The molecule has 7 nitrogen and oxygen atoms in total. The molecular weight excluding hydrogens is 442 g/mol. The van der Waals surface area contributed by atoms with Crippen LogP contribution < -0.4 is 19.5 Å². The molecule has 0 spiro atoms. The Balaban J connectivity index is 1.51. The van der Waals surface area contributed by atoms with Gasteiger partial charge in [-0.15, -0.1) is 0 Å². The van der Waals surface area contributed by atoms with E-state index in [1.807, 2.05) is 0 Å². The van der Waals surface area contributed by atoms with E-state index in [2.05, 4.69) is 28.2 Å². The van der Waals surface area contributed by atoms with Crippen LogP contribution in [0.15, 0.2) is 40.9 Å². The van der Waals surface area contributed by atoms with Crippen LogP contribution in [0, 0.1) is 0 Å². The molecule has 0 bridgehead atoms. The summed E-state index contributed by atoms with van der Waals surface area (Å²) in [4.78, 5) is 24.3. The lowest BCUT2D eigenvalue weighted by atomic mass is 10.2. The number of hydrogen-bond acceptors (Lipinski definition) is 6. The van der Waals surface area contributed by atoms with Crippen LogP contribution in [0.3, 0.4) is 0 Å². The predicted octanol–water partition coefficient (Wildman–Crippen LogP) is 4.19. The van der Waals surface area contributed by atoms with Crippen molar-refractivity contribution in [2.45, 2.75) is 19.8 Å². The summed E-state index contributed by atoms with van der Waals surface area (Å²) in [6.45, 7) is 3.24. The van der Waals surface area contributed by atoms with E-state index in [0.29, 0.717) is 52.8 Å². The van der Waals surface area contributed by atoms with Gasteiger partial charge in [0, 0.05) is 16.6 Å². The largest absolute Gasteiger partial charge is 0.494 e. The van der Waals surface area contributed by atoms with Gasteiger partial charge in [0.05, 0.1) is 17.9 Å². The second-order valence-electron chi connectivity index (χ2n) is 6.33. The third-order valence-corrected chi connectivity index (χ3v) is 4.75. The van der Waals surface area contributed by atoms with E-state index in [-0.39, 0.29) is 0 Å². The number of benzene rings is 2. The van der Waals surface area contributed by atoms with Crippen LogP contribution in [-0.4, -0.2) is 38.3 Å². The summed E-state index contributed by atoms with van der Waals surface area (Å²) in [6, 6.07) is 10.0. The molecule has 0 fully saturated rings. The van der Waals surface area contributed by atoms with Crippen LogP contribution in [0.25, 0.3) is 0 Å². The number of halogens is 1. The highest BCUT2D eigenvalue weighted by Gasteiger charge is 2.17. The first-order valence-corrected chi connectivity index (χ1v) is 10.1. The maximum Gasteiger partial charge on any atom is 0.338 e. The standard InChI is InChI=1S/C21H22BrNO6/c1-2-3-8-26-15-6-4-14(5-7-15)21(25)29-13-20(24)23-17-12-19-18(11-16(17)22)27-9-10-28-19/h4-7,11-12H,2-3,8-10,13H2,1H3,(H,23,24). The summed E-state index contributed by atoms with van der Waals surface area (Å²) in [6.07, 6.45) is 2.02. The summed E-state index contributed by atoms with van der Waals surface area (Å²) in [5.74, 6) is 0.801. The van der Waals surface area contributed by atoms with Gasteiger partial charge in [-0.1, -0.05) is 13.3 Å².